The lowest BCUT2D eigenvalue weighted by molar-refractivity contribution is -0.136. The van der Waals surface area contributed by atoms with Crippen molar-refractivity contribution in [2.75, 3.05) is 7.11 Å². The number of methoxy groups -OCH3 is 1. The van der Waals surface area contributed by atoms with Gasteiger partial charge in [-0.3, -0.25) is 0 Å². The molecule has 0 saturated heterocycles. The van der Waals surface area contributed by atoms with Crippen LogP contribution in [0.3, 0.4) is 0 Å². The Morgan fingerprint density at radius 1 is 1.00 bits per heavy atom. The van der Waals surface area contributed by atoms with Gasteiger partial charge in [-0.15, -0.1) is 0 Å². The summed E-state index contributed by atoms with van der Waals surface area (Å²) in [7, 11) is 1.49. The van der Waals surface area contributed by atoms with Crippen molar-refractivity contribution >= 4 is 11.0 Å². The van der Waals surface area contributed by atoms with E-state index in [0.29, 0.717) is 11.3 Å². The lowest BCUT2D eigenvalue weighted by atomic mass is 10.1. The summed E-state index contributed by atoms with van der Waals surface area (Å²) in [5, 5.41) is 3.76. The molecule has 0 bridgehead atoms. The second kappa shape index (κ2) is 6.63. The number of alkyl halides is 3. The quantitative estimate of drug-likeness (QED) is 0.451. The number of para-hydroxylation sites is 1. The van der Waals surface area contributed by atoms with E-state index < -0.39 is 17.6 Å². The maximum Gasteiger partial charge on any atom is 0.417 e. The van der Waals surface area contributed by atoms with E-state index in [1.807, 2.05) is 0 Å². The van der Waals surface area contributed by atoms with E-state index in [-0.39, 0.29) is 22.4 Å². The summed E-state index contributed by atoms with van der Waals surface area (Å²) in [5.74, 6) is -0.0463. The summed E-state index contributed by atoms with van der Waals surface area (Å²) in [6, 6.07) is 13.1. The van der Waals surface area contributed by atoms with Crippen molar-refractivity contribution in [1.82, 2.24) is 14.8 Å². The monoisotopic (exact) mass is 387 g/mol. The summed E-state index contributed by atoms with van der Waals surface area (Å²) in [5.41, 5.74) is -0.378. The third-order valence-corrected chi connectivity index (χ3v) is 4.31. The number of pyridine rings is 1. The van der Waals surface area contributed by atoms with Crippen LogP contribution in [0.25, 0.3) is 28.0 Å². The highest BCUT2D eigenvalue weighted by molar-refractivity contribution is 5.84. The fraction of sp³-hybridized carbons (Fsp3) is 0.100. The van der Waals surface area contributed by atoms with Gasteiger partial charge in [-0.1, -0.05) is 12.1 Å². The van der Waals surface area contributed by atoms with Crippen molar-refractivity contribution in [3.8, 4) is 22.7 Å². The molecule has 0 saturated carbocycles. The number of aromatic nitrogens is 3. The first-order valence-corrected chi connectivity index (χ1v) is 8.24. The van der Waals surface area contributed by atoms with Gasteiger partial charge in [0, 0.05) is 5.56 Å². The summed E-state index contributed by atoms with van der Waals surface area (Å²) in [6.07, 6.45) is -3.57. The van der Waals surface area contributed by atoms with Gasteiger partial charge in [0.1, 0.15) is 17.3 Å². The van der Waals surface area contributed by atoms with E-state index in [0.717, 1.165) is 16.9 Å². The van der Waals surface area contributed by atoms with Crippen LogP contribution in [0, 0.1) is 5.82 Å². The summed E-state index contributed by atoms with van der Waals surface area (Å²) >= 11 is 0. The Labute approximate surface area is 157 Å². The fourth-order valence-corrected chi connectivity index (χ4v) is 2.94. The maximum absolute atomic E-state index is 14.2. The van der Waals surface area contributed by atoms with Crippen LogP contribution in [0.1, 0.15) is 5.56 Å². The summed E-state index contributed by atoms with van der Waals surface area (Å²) in [4.78, 5) is 4.35. The molecule has 142 valence electrons. The van der Waals surface area contributed by atoms with E-state index in [1.165, 1.54) is 25.3 Å². The molecule has 0 fully saturated rings. The van der Waals surface area contributed by atoms with Crippen LogP contribution >= 0.6 is 0 Å². The Morgan fingerprint density at radius 2 is 1.71 bits per heavy atom. The molecule has 2 heterocycles. The second-order valence-electron chi connectivity index (χ2n) is 6.03. The van der Waals surface area contributed by atoms with E-state index in [2.05, 4.69) is 10.1 Å². The molecule has 0 aliphatic carbocycles. The Balaban J connectivity index is 1.99. The van der Waals surface area contributed by atoms with E-state index >= 15 is 0 Å². The summed E-state index contributed by atoms with van der Waals surface area (Å²) < 4.78 is 61.3. The number of fused-ring (bicyclic) bond motifs is 1. The lowest BCUT2D eigenvalue weighted by Crippen LogP contribution is -2.08. The van der Waals surface area contributed by atoms with Gasteiger partial charge in [-0.25, -0.2) is 14.1 Å². The van der Waals surface area contributed by atoms with Gasteiger partial charge in [0.05, 0.1) is 30.0 Å². The highest BCUT2D eigenvalue weighted by Crippen LogP contribution is 2.37. The third-order valence-electron chi connectivity index (χ3n) is 4.31. The highest BCUT2D eigenvalue weighted by atomic mass is 19.4. The van der Waals surface area contributed by atoms with E-state index in [9.17, 15) is 17.6 Å². The van der Waals surface area contributed by atoms with Gasteiger partial charge in [-0.2, -0.15) is 18.3 Å². The summed E-state index contributed by atoms with van der Waals surface area (Å²) in [6.45, 7) is 0. The highest BCUT2D eigenvalue weighted by Gasteiger charge is 2.35. The zero-order valence-electron chi connectivity index (χ0n) is 14.5. The molecular weight excluding hydrogens is 374 g/mol. The first-order valence-electron chi connectivity index (χ1n) is 8.24. The van der Waals surface area contributed by atoms with Crippen molar-refractivity contribution in [2.45, 2.75) is 6.18 Å². The SMILES string of the molecule is COc1ccc(-c2cc(C(F)(F)F)c3cnn(-c4ccccc4F)c3n2)cc1. The Morgan fingerprint density at radius 3 is 2.36 bits per heavy atom. The first kappa shape index (κ1) is 18.0. The van der Waals surface area contributed by atoms with Crippen LogP contribution in [-0.4, -0.2) is 21.9 Å². The molecule has 0 unspecified atom stereocenters. The molecule has 4 aromatic rings. The predicted octanol–water partition coefficient (Wildman–Crippen LogP) is 5.25. The molecule has 4 rings (SSSR count). The van der Waals surface area contributed by atoms with Gasteiger partial charge in [0.15, 0.2) is 5.65 Å². The maximum atomic E-state index is 14.2. The molecular formula is C20H13F4N3O. The van der Waals surface area contributed by atoms with Crippen LogP contribution < -0.4 is 4.74 Å². The van der Waals surface area contributed by atoms with Gasteiger partial charge in [0.2, 0.25) is 0 Å². The van der Waals surface area contributed by atoms with Crippen LogP contribution in [-0.2, 0) is 6.18 Å². The second-order valence-corrected chi connectivity index (χ2v) is 6.03. The van der Waals surface area contributed by atoms with Crippen molar-refractivity contribution in [2.24, 2.45) is 0 Å². The van der Waals surface area contributed by atoms with Crippen molar-refractivity contribution < 1.29 is 22.3 Å². The topological polar surface area (TPSA) is 39.9 Å². The molecule has 0 spiro atoms. The minimum Gasteiger partial charge on any atom is -0.497 e. The van der Waals surface area contributed by atoms with Gasteiger partial charge in [-0.05, 0) is 42.5 Å². The minimum absolute atomic E-state index is 0.0185. The van der Waals surface area contributed by atoms with Crippen molar-refractivity contribution in [3.05, 3.63) is 72.2 Å². The van der Waals surface area contributed by atoms with Gasteiger partial charge in [0.25, 0.3) is 0 Å². The average Bonchev–Trinajstić information content (AvgIpc) is 3.10. The Kier molecular flexibility index (Phi) is 4.26. The molecule has 28 heavy (non-hydrogen) atoms. The Bertz CT molecular complexity index is 1150. The predicted molar refractivity (Wildman–Crippen MR) is 95.8 cm³/mol. The zero-order valence-corrected chi connectivity index (χ0v) is 14.5. The van der Waals surface area contributed by atoms with Crippen molar-refractivity contribution in [1.29, 1.82) is 0 Å². The van der Waals surface area contributed by atoms with Crippen LogP contribution in [0.5, 0.6) is 5.75 Å². The molecule has 0 amide bonds. The fourth-order valence-electron chi connectivity index (χ4n) is 2.94. The molecule has 2 aromatic heterocycles. The first-order chi connectivity index (χ1) is 13.4. The smallest absolute Gasteiger partial charge is 0.417 e. The molecule has 0 aliphatic heterocycles. The minimum atomic E-state index is -4.62. The standard InChI is InChI=1S/C20H13F4N3O/c1-28-13-8-6-12(7-9-13)17-10-15(20(22,23)24)14-11-25-27(19(14)26-17)18-5-3-2-4-16(18)21/h2-11H,1H3. The average molecular weight is 387 g/mol. The van der Waals surface area contributed by atoms with E-state index in [1.54, 1.807) is 30.3 Å². The molecule has 0 atom stereocenters. The molecule has 0 radical (unpaired) electrons. The van der Waals surface area contributed by atoms with Crippen LogP contribution in [0.4, 0.5) is 17.6 Å². The zero-order chi connectivity index (χ0) is 19.9. The molecule has 8 heteroatoms. The lowest BCUT2D eigenvalue weighted by Gasteiger charge is -2.12. The molecule has 2 aromatic carbocycles. The van der Waals surface area contributed by atoms with Crippen LogP contribution in [0.15, 0.2) is 60.8 Å². The molecule has 4 nitrogen and oxygen atoms in total. The number of nitrogens with zero attached hydrogens (tertiary/aromatic N) is 3. The van der Waals surface area contributed by atoms with Crippen molar-refractivity contribution in [3.63, 3.8) is 0 Å². The normalized spacial score (nSPS) is 11.8. The van der Waals surface area contributed by atoms with Crippen LogP contribution in [0.2, 0.25) is 0 Å². The Hall–Kier alpha value is -3.42. The largest absolute Gasteiger partial charge is 0.497 e. The van der Waals surface area contributed by atoms with E-state index in [4.69, 9.17) is 4.74 Å². The van der Waals surface area contributed by atoms with Gasteiger partial charge >= 0.3 is 6.18 Å². The number of hydrogen-bond donors (Lipinski definition) is 0. The van der Waals surface area contributed by atoms with Gasteiger partial charge < -0.3 is 4.74 Å². The molecule has 0 aliphatic rings. The number of hydrogen-bond acceptors (Lipinski definition) is 3. The number of halogens is 4. The number of benzene rings is 2. The number of rotatable bonds is 3. The molecule has 0 N–H and O–H groups in total. The third kappa shape index (κ3) is 3.06. The number of ether oxygens (including phenoxy) is 1.